The normalized spacial score (nSPS) is 18.5. The van der Waals surface area contributed by atoms with E-state index < -0.39 is 0 Å². The first-order chi connectivity index (χ1) is 10.3. The van der Waals surface area contributed by atoms with Crippen LogP contribution in [-0.4, -0.2) is 5.11 Å². The number of unbranched alkanes of at least 4 members (excludes halogenated alkanes) is 5. The number of aromatic hydroxyl groups is 1. The minimum Gasteiger partial charge on any atom is -0.508 e. The summed E-state index contributed by atoms with van der Waals surface area (Å²) in [7, 11) is 0. The molecular weight excluding hydrogens is 256 g/mol. The third-order valence-electron chi connectivity index (χ3n) is 4.70. The first-order valence-electron chi connectivity index (χ1n) is 8.78. The highest BCUT2D eigenvalue weighted by atomic mass is 16.3. The molecule has 0 radical (unpaired) electrons. The van der Waals surface area contributed by atoms with Gasteiger partial charge in [-0.25, -0.2) is 0 Å². The number of allylic oxidation sites excluding steroid dienone is 2. The summed E-state index contributed by atoms with van der Waals surface area (Å²) in [5.41, 5.74) is 2.62. The molecule has 1 N–H and O–H groups in total. The van der Waals surface area contributed by atoms with Crippen molar-refractivity contribution in [2.24, 2.45) is 5.92 Å². The van der Waals surface area contributed by atoms with E-state index in [9.17, 15) is 5.11 Å². The van der Waals surface area contributed by atoms with Crippen LogP contribution in [-0.2, 0) is 0 Å². The van der Waals surface area contributed by atoms with E-state index in [1.54, 1.807) is 6.07 Å². The molecule has 1 unspecified atom stereocenters. The van der Waals surface area contributed by atoms with Gasteiger partial charge in [0.2, 0.25) is 0 Å². The number of hydrogen-bond donors (Lipinski definition) is 1. The van der Waals surface area contributed by atoms with Crippen molar-refractivity contribution in [3.8, 4) is 5.75 Å². The SMILES string of the molecule is CCCCCCCCC1CC=C(c2cccc(O)c2)CC1. The van der Waals surface area contributed by atoms with Gasteiger partial charge in [0.1, 0.15) is 5.75 Å². The first-order valence-corrected chi connectivity index (χ1v) is 8.78. The summed E-state index contributed by atoms with van der Waals surface area (Å²) in [6.45, 7) is 2.28. The van der Waals surface area contributed by atoms with Gasteiger partial charge in [0.15, 0.2) is 0 Å². The number of phenolic OH excluding ortho intramolecular Hbond substituents is 1. The predicted molar refractivity (Wildman–Crippen MR) is 91.4 cm³/mol. The quantitative estimate of drug-likeness (QED) is 0.554. The largest absolute Gasteiger partial charge is 0.508 e. The van der Waals surface area contributed by atoms with E-state index in [-0.39, 0.29) is 0 Å². The molecule has 0 heterocycles. The van der Waals surface area contributed by atoms with E-state index in [2.05, 4.69) is 19.1 Å². The monoisotopic (exact) mass is 286 g/mol. The van der Waals surface area contributed by atoms with Gasteiger partial charge in [-0.3, -0.25) is 0 Å². The lowest BCUT2D eigenvalue weighted by Crippen LogP contribution is -2.05. The summed E-state index contributed by atoms with van der Waals surface area (Å²) in [6.07, 6.45) is 15.9. The second-order valence-electron chi connectivity index (χ2n) is 6.48. The Labute approximate surface area is 130 Å². The van der Waals surface area contributed by atoms with Crippen LogP contribution in [0.4, 0.5) is 0 Å². The Balaban J connectivity index is 1.70. The van der Waals surface area contributed by atoms with Gasteiger partial charge in [-0.2, -0.15) is 0 Å². The molecule has 0 aromatic heterocycles. The van der Waals surface area contributed by atoms with Crippen molar-refractivity contribution < 1.29 is 5.11 Å². The molecule has 2 rings (SSSR count). The number of benzene rings is 1. The van der Waals surface area contributed by atoms with E-state index >= 15 is 0 Å². The molecule has 1 aliphatic carbocycles. The summed E-state index contributed by atoms with van der Waals surface area (Å²) < 4.78 is 0. The Hall–Kier alpha value is -1.24. The minimum absolute atomic E-state index is 0.377. The molecule has 0 aliphatic heterocycles. The maximum absolute atomic E-state index is 9.57. The van der Waals surface area contributed by atoms with Gasteiger partial charge in [-0.15, -0.1) is 0 Å². The fraction of sp³-hybridized carbons (Fsp3) is 0.600. The van der Waals surface area contributed by atoms with Crippen LogP contribution < -0.4 is 0 Å². The lowest BCUT2D eigenvalue weighted by atomic mass is 9.84. The van der Waals surface area contributed by atoms with Crippen molar-refractivity contribution in [2.45, 2.75) is 71.1 Å². The summed E-state index contributed by atoms with van der Waals surface area (Å²) in [4.78, 5) is 0. The second kappa shape index (κ2) is 8.92. The van der Waals surface area contributed by atoms with Crippen molar-refractivity contribution in [3.63, 3.8) is 0 Å². The van der Waals surface area contributed by atoms with Gasteiger partial charge in [-0.1, -0.05) is 70.1 Å². The van der Waals surface area contributed by atoms with E-state index in [0.29, 0.717) is 5.75 Å². The van der Waals surface area contributed by atoms with Crippen LogP contribution in [0.1, 0.15) is 76.7 Å². The zero-order chi connectivity index (χ0) is 14.9. The van der Waals surface area contributed by atoms with Gasteiger partial charge in [-0.05, 0) is 48.4 Å². The molecule has 1 atom stereocenters. The molecule has 0 amide bonds. The van der Waals surface area contributed by atoms with Crippen LogP contribution in [0.2, 0.25) is 0 Å². The lowest BCUT2D eigenvalue weighted by molar-refractivity contribution is 0.423. The zero-order valence-corrected chi connectivity index (χ0v) is 13.5. The van der Waals surface area contributed by atoms with Crippen LogP contribution in [0.25, 0.3) is 5.57 Å². The molecule has 21 heavy (non-hydrogen) atoms. The maximum Gasteiger partial charge on any atom is 0.116 e. The molecule has 1 aromatic carbocycles. The fourth-order valence-corrected chi connectivity index (χ4v) is 3.33. The molecule has 0 saturated heterocycles. The smallest absolute Gasteiger partial charge is 0.116 e. The van der Waals surface area contributed by atoms with Crippen molar-refractivity contribution in [1.82, 2.24) is 0 Å². The summed E-state index contributed by atoms with van der Waals surface area (Å²) >= 11 is 0. The molecule has 116 valence electrons. The van der Waals surface area contributed by atoms with Gasteiger partial charge in [0.25, 0.3) is 0 Å². The molecule has 1 aliphatic rings. The van der Waals surface area contributed by atoms with Crippen molar-refractivity contribution >= 4 is 5.57 Å². The Morgan fingerprint density at radius 2 is 1.90 bits per heavy atom. The average molecular weight is 286 g/mol. The molecule has 1 nitrogen and oxygen atoms in total. The summed E-state index contributed by atoms with van der Waals surface area (Å²) in [5.74, 6) is 1.26. The van der Waals surface area contributed by atoms with E-state index in [4.69, 9.17) is 0 Å². The third kappa shape index (κ3) is 5.57. The number of phenols is 1. The van der Waals surface area contributed by atoms with Crippen LogP contribution in [0.3, 0.4) is 0 Å². The Kier molecular flexibility index (Phi) is 6.85. The highest BCUT2D eigenvalue weighted by Gasteiger charge is 2.15. The highest BCUT2D eigenvalue weighted by Crippen LogP contribution is 2.33. The van der Waals surface area contributed by atoms with Gasteiger partial charge >= 0.3 is 0 Å². The molecule has 1 aromatic rings. The summed E-state index contributed by atoms with van der Waals surface area (Å²) in [6, 6.07) is 7.68. The first kappa shape index (κ1) is 16.1. The number of hydrogen-bond acceptors (Lipinski definition) is 1. The molecular formula is C20H30O. The highest BCUT2D eigenvalue weighted by molar-refractivity contribution is 5.67. The fourth-order valence-electron chi connectivity index (χ4n) is 3.33. The third-order valence-corrected chi connectivity index (χ3v) is 4.70. The Bertz CT molecular complexity index is 447. The van der Waals surface area contributed by atoms with E-state index in [1.165, 1.54) is 75.3 Å². The molecule has 0 bridgehead atoms. The maximum atomic E-state index is 9.57. The average Bonchev–Trinajstić information content (AvgIpc) is 2.51. The van der Waals surface area contributed by atoms with Gasteiger partial charge < -0.3 is 5.11 Å². The van der Waals surface area contributed by atoms with E-state index in [0.717, 1.165) is 5.92 Å². The van der Waals surface area contributed by atoms with E-state index in [1.807, 2.05) is 12.1 Å². The second-order valence-corrected chi connectivity index (χ2v) is 6.48. The Morgan fingerprint density at radius 1 is 1.10 bits per heavy atom. The van der Waals surface area contributed by atoms with Crippen LogP contribution in [0, 0.1) is 5.92 Å². The lowest BCUT2D eigenvalue weighted by Gasteiger charge is -2.22. The Morgan fingerprint density at radius 3 is 2.62 bits per heavy atom. The van der Waals surface area contributed by atoms with Crippen LogP contribution in [0.5, 0.6) is 5.75 Å². The van der Waals surface area contributed by atoms with Crippen molar-refractivity contribution in [3.05, 3.63) is 35.9 Å². The van der Waals surface area contributed by atoms with Crippen molar-refractivity contribution in [1.29, 1.82) is 0 Å². The molecule has 0 spiro atoms. The van der Waals surface area contributed by atoms with Crippen molar-refractivity contribution in [2.75, 3.05) is 0 Å². The topological polar surface area (TPSA) is 20.2 Å². The van der Waals surface area contributed by atoms with Gasteiger partial charge in [0, 0.05) is 0 Å². The summed E-state index contributed by atoms with van der Waals surface area (Å²) in [5, 5.41) is 9.57. The van der Waals surface area contributed by atoms with Crippen LogP contribution >= 0.6 is 0 Å². The molecule has 0 saturated carbocycles. The number of rotatable bonds is 8. The molecule has 0 fully saturated rings. The molecule has 1 heteroatoms. The minimum atomic E-state index is 0.377. The van der Waals surface area contributed by atoms with Crippen LogP contribution in [0.15, 0.2) is 30.3 Å². The zero-order valence-electron chi connectivity index (χ0n) is 13.5. The standard InChI is InChI=1S/C20H30O/c1-2-3-4-5-6-7-9-17-12-14-18(15-13-17)19-10-8-11-20(21)16-19/h8,10-11,14,16-17,21H,2-7,9,12-13,15H2,1H3. The predicted octanol–water partition coefficient (Wildman–Crippen LogP) is 6.33. The van der Waals surface area contributed by atoms with Gasteiger partial charge in [0.05, 0.1) is 0 Å².